The van der Waals surface area contributed by atoms with Gasteiger partial charge in [-0.05, 0) is 38.4 Å². The highest BCUT2D eigenvalue weighted by Crippen LogP contribution is 2.27. The zero-order chi connectivity index (χ0) is 13.0. The average Bonchev–Trinajstić information content (AvgIpc) is 2.86. The number of thiazole rings is 1. The van der Waals surface area contributed by atoms with Crippen LogP contribution in [0.5, 0.6) is 0 Å². The molecule has 3 nitrogen and oxygen atoms in total. The second-order valence-electron chi connectivity index (χ2n) is 4.46. The van der Waals surface area contributed by atoms with E-state index in [-0.39, 0.29) is 0 Å². The van der Waals surface area contributed by atoms with Crippen molar-refractivity contribution in [1.82, 2.24) is 15.3 Å². The van der Waals surface area contributed by atoms with Gasteiger partial charge in [0.1, 0.15) is 5.01 Å². The van der Waals surface area contributed by atoms with E-state index >= 15 is 0 Å². The molecule has 2 rings (SSSR count). The molecule has 2 aromatic rings. The lowest BCUT2D eigenvalue weighted by molar-refractivity contribution is 0.577. The van der Waals surface area contributed by atoms with E-state index in [1.807, 2.05) is 25.4 Å². The van der Waals surface area contributed by atoms with Gasteiger partial charge in [-0.25, -0.2) is 4.98 Å². The normalized spacial score (nSPS) is 12.6. The maximum atomic E-state index is 4.46. The summed E-state index contributed by atoms with van der Waals surface area (Å²) in [5.74, 6) is 0. The fraction of sp³-hybridized carbons (Fsp3) is 0.429. The lowest BCUT2D eigenvalue weighted by atomic mass is 10.3. The molecule has 0 aliphatic carbocycles. The molecule has 18 heavy (non-hydrogen) atoms. The van der Waals surface area contributed by atoms with Crippen LogP contribution in [0.25, 0.3) is 10.7 Å². The molecule has 0 aliphatic rings. The van der Waals surface area contributed by atoms with E-state index in [0.29, 0.717) is 6.04 Å². The molecule has 4 heteroatoms. The highest BCUT2D eigenvalue weighted by atomic mass is 32.1. The van der Waals surface area contributed by atoms with Gasteiger partial charge in [0.25, 0.3) is 0 Å². The SMILES string of the molecule is CCCNC(C)c1cnc(-c2ccc(C)cn2)s1. The van der Waals surface area contributed by atoms with Crippen LogP contribution in [0.15, 0.2) is 24.5 Å². The van der Waals surface area contributed by atoms with Gasteiger partial charge in [0, 0.05) is 23.3 Å². The number of pyridine rings is 1. The van der Waals surface area contributed by atoms with Crippen LogP contribution in [0, 0.1) is 6.92 Å². The Labute approximate surface area is 112 Å². The first-order valence-electron chi connectivity index (χ1n) is 6.33. The van der Waals surface area contributed by atoms with E-state index in [1.54, 1.807) is 11.3 Å². The van der Waals surface area contributed by atoms with E-state index in [4.69, 9.17) is 0 Å². The summed E-state index contributed by atoms with van der Waals surface area (Å²) < 4.78 is 0. The van der Waals surface area contributed by atoms with Gasteiger partial charge in [-0.2, -0.15) is 0 Å². The molecule has 1 unspecified atom stereocenters. The second-order valence-corrected chi connectivity index (χ2v) is 5.53. The van der Waals surface area contributed by atoms with Crippen LogP contribution in [0.3, 0.4) is 0 Å². The molecule has 0 saturated heterocycles. The van der Waals surface area contributed by atoms with E-state index < -0.39 is 0 Å². The van der Waals surface area contributed by atoms with Crippen LogP contribution in [0.4, 0.5) is 0 Å². The molecule has 2 heterocycles. The van der Waals surface area contributed by atoms with Gasteiger partial charge in [0.2, 0.25) is 0 Å². The molecule has 0 spiro atoms. The topological polar surface area (TPSA) is 37.8 Å². The molecule has 0 bridgehead atoms. The number of rotatable bonds is 5. The molecular formula is C14H19N3S. The van der Waals surface area contributed by atoms with Crippen molar-refractivity contribution in [2.75, 3.05) is 6.54 Å². The molecule has 2 aromatic heterocycles. The molecule has 96 valence electrons. The second kappa shape index (κ2) is 6.07. The average molecular weight is 261 g/mol. The zero-order valence-electron chi connectivity index (χ0n) is 11.1. The minimum atomic E-state index is 0.363. The van der Waals surface area contributed by atoms with Crippen molar-refractivity contribution < 1.29 is 0 Å². The predicted molar refractivity (Wildman–Crippen MR) is 76.8 cm³/mol. The highest BCUT2D eigenvalue weighted by molar-refractivity contribution is 7.15. The fourth-order valence-electron chi connectivity index (χ4n) is 1.66. The summed E-state index contributed by atoms with van der Waals surface area (Å²) in [6.45, 7) is 7.43. The van der Waals surface area contributed by atoms with Crippen molar-refractivity contribution in [1.29, 1.82) is 0 Å². The molecule has 0 saturated carbocycles. The summed E-state index contributed by atoms with van der Waals surface area (Å²) in [4.78, 5) is 10.1. The lowest BCUT2D eigenvalue weighted by Crippen LogP contribution is -2.18. The summed E-state index contributed by atoms with van der Waals surface area (Å²) in [5, 5.41) is 4.47. The van der Waals surface area contributed by atoms with Gasteiger partial charge in [-0.3, -0.25) is 4.98 Å². The third-order valence-electron chi connectivity index (χ3n) is 2.78. The lowest BCUT2D eigenvalue weighted by Gasteiger charge is -2.09. The van der Waals surface area contributed by atoms with E-state index in [1.165, 1.54) is 10.4 Å². The Morgan fingerprint density at radius 1 is 1.28 bits per heavy atom. The molecular weight excluding hydrogens is 242 g/mol. The number of nitrogens with one attached hydrogen (secondary N) is 1. The van der Waals surface area contributed by atoms with Gasteiger partial charge in [0.15, 0.2) is 0 Å². The van der Waals surface area contributed by atoms with Gasteiger partial charge in [-0.1, -0.05) is 13.0 Å². The standard InChI is InChI=1S/C14H19N3S/c1-4-7-15-11(3)13-9-17-14(18-13)12-6-5-10(2)8-16-12/h5-6,8-9,11,15H,4,7H2,1-3H3. The fourth-order valence-corrected chi connectivity index (χ4v) is 2.58. The van der Waals surface area contributed by atoms with Crippen molar-refractivity contribution in [3.63, 3.8) is 0 Å². The van der Waals surface area contributed by atoms with Crippen LogP contribution in [-0.4, -0.2) is 16.5 Å². The number of hydrogen-bond donors (Lipinski definition) is 1. The summed E-state index contributed by atoms with van der Waals surface area (Å²) in [5.41, 5.74) is 2.13. The Morgan fingerprint density at radius 2 is 2.11 bits per heavy atom. The highest BCUT2D eigenvalue weighted by Gasteiger charge is 2.10. The minimum absolute atomic E-state index is 0.363. The summed E-state index contributed by atoms with van der Waals surface area (Å²) in [6.07, 6.45) is 4.99. The third kappa shape index (κ3) is 3.15. The smallest absolute Gasteiger partial charge is 0.142 e. The van der Waals surface area contributed by atoms with Gasteiger partial charge < -0.3 is 5.32 Å². The first kappa shape index (κ1) is 13.2. The number of aromatic nitrogens is 2. The Bertz CT molecular complexity index is 490. The van der Waals surface area contributed by atoms with E-state index in [9.17, 15) is 0 Å². The van der Waals surface area contributed by atoms with Crippen molar-refractivity contribution in [2.24, 2.45) is 0 Å². The number of nitrogens with zero attached hydrogens (tertiary/aromatic N) is 2. The Hall–Kier alpha value is -1.26. The molecule has 0 aliphatic heterocycles. The van der Waals surface area contributed by atoms with Crippen molar-refractivity contribution in [3.05, 3.63) is 35.0 Å². The quantitative estimate of drug-likeness (QED) is 0.894. The molecule has 1 atom stereocenters. The molecule has 0 fully saturated rings. The Morgan fingerprint density at radius 3 is 2.78 bits per heavy atom. The first-order valence-corrected chi connectivity index (χ1v) is 7.14. The summed E-state index contributed by atoms with van der Waals surface area (Å²) >= 11 is 1.71. The first-order chi connectivity index (χ1) is 8.70. The van der Waals surface area contributed by atoms with E-state index in [0.717, 1.165) is 23.7 Å². The van der Waals surface area contributed by atoms with Crippen LogP contribution in [0.2, 0.25) is 0 Å². The predicted octanol–water partition coefficient (Wildman–Crippen LogP) is 3.57. The van der Waals surface area contributed by atoms with Gasteiger partial charge in [-0.15, -0.1) is 11.3 Å². The molecule has 0 amide bonds. The van der Waals surface area contributed by atoms with Crippen LogP contribution < -0.4 is 5.32 Å². The molecule has 0 radical (unpaired) electrons. The Kier molecular flexibility index (Phi) is 4.44. The third-order valence-corrected chi connectivity index (χ3v) is 3.98. The van der Waals surface area contributed by atoms with Crippen molar-refractivity contribution in [3.8, 4) is 10.7 Å². The van der Waals surface area contributed by atoms with Crippen LogP contribution >= 0.6 is 11.3 Å². The number of aryl methyl sites for hydroxylation is 1. The summed E-state index contributed by atoms with van der Waals surface area (Å²) in [6, 6.07) is 4.46. The van der Waals surface area contributed by atoms with Crippen molar-refractivity contribution in [2.45, 2.75) is 33.2 Å². The van der Waals surface area contributed by atoms with Crippen LogP contribution in [-0.2, 0) is 0 Å². The minimum Gasteiger partial charge on any atom is -0.309 e. The molecule has 1 N–H and O–H groups in total. The maximum absolute atomic E-state index is 4.46. The molecule has 0 aromatic carbocycles. The van der Waals surface area contributed by atoms with Crippen LogP contribution in [0.1, 0.15) is 36.8 Å². The Balaban J connectivity index is 2.12. The summed E-state index contributed by atoms with van der Waals surface area (Å²) in [7, 11) is 0. The largest absolute Gasteiger partial charge is 0.309 e. The zero-order valence-corrected chi connectivity index (χ0v) is 11.9. The maximum Gasteiger partial charge on any atom is 0.142 e. The van der Waals surface area contributed by atoms with Gasteiger partial charge in [0.05, 0.1) is 5.69 Å². The van der Waals surface area contributed by atoms with Gasteiger partial charge >= 0.3 is 0 Å². The number of hydrogen-bond acceptors (Lipinski definition) is 4. The monoisotopic (exact) mass is 261 g/mol. The van der Waals surface area contributed by atoms with E-state index in [2.05, 4.69) is 35.2 Å². The van der Waals surface area contributed by atoms with Crippen molar-refractivity contribution >= 4 is 11.3 Å².